The highest BCUT2D eigenvalue weighted by Crippen LogP contribution is 2.62. The number of carbonyl (C=O) groups excluding carboxylic acids is 1. The molecule has 1 N–H and O–H groups in total. The highest BCUT2D eigenvalue weighted by Gasteiger charge is 2.56. The van der Waals surface area contributed by atoms with E-state index in [1.807, 2.05) is 0 Å². The molecule has 4 heteroatoms. The number of fused-ring (bicyclic) bond motifs is 1. The molecule has 0 aromatic heterocycles. The molecule has 0 aromatic rings. The SMILES string of the molecule is COC(=O)CC1(CC(=O)O)CC2CCCC21. The molecule has 2 aliphatic rings. The summed E-state index contributed by atoms with van der Waals surface area (Å²) in [6, 6.07) is 0. The van der Waals surface area contributed by atoms with Gasteiger partial charge in [-0.15, -0.1) is 0 Å². The average molecular weight is 226 g/mol. The van der Waals surface area contributed by atoms with Crippen molar-refractivity contribution >= 4 is 11.9 Å². The molecule has 0 radical (unpaired) electrons. The van der Waals surface area contributed by atoms with E-state index in [9.17, 15) is 9.59 Å². The Hall–Kier alpha value is -1.06. The van der Waals surface area contributed by atoms with Crippen LogP contribution in [0, 0.1) is 17.3 Å². The maximum absolute atomic E-state index is 11.4. The first-order valence-corrected chi connectivity index (χ1v) is 5.86. The van der Waals surface area contributed by atoms with Crippen LogP contribution in [0.2, 0.25) is 0 Å². The summed E-state index contributed by atoms with van der Waals surface area (Å²) in [5.41, 5.74) is -0.305. The van der Waals surface area contributed by atoms with Crippen molar-refractivity contribution in [2.45, 2.75) is 38.5 Å². The van der Waals surface area contributed by atoms with Gasteiger partial charge in [-0.3, -0.25) is 9.59 Å². The van der Waals surface area contributed by atoms with Gasteiger partial charge >= 0.3 is 11.9 Å². The van der Waals surface area contributed by atoms with Crippen molar-refractivity contribution in [2.75, 3.05) is 7.11 Å². The molecule has 16 heavy (non-hydrogen) atoms. The predicted octanol–water partition coefficient (Wildman–Crippen LogP) is 1.83. The normalized spacial score (nSPS) is 36.3. The monoisotopic (exact) mass is 226 g/mol. The van der Waals surface area contributed by atoms with E-state index in [2.05, 4.69) is 4.74 Å². The largest absolute Gasteiger partial charge is 0.481 e. The molecule has 0 spiro atoms. The maximum atomic E-state index is 11.4. The zero-order chi connectivity index (χ0) is 11.8. The van der Waals surface area contributed by atoms with E-state index in [1.54, 1.807) is 0 Å². The highest BCUT2D eigenvalue weighted by molar-refractivity contribution is 5.73. The molecule has 0 saturated heterocycles. The fourth-order valence-corrected chi connectivity index (χ4v) is 3.73. The summed E-state index contributed by atoms with van der Waals surface area (Å²) >= 11 is 0. The number of carbonyl (C=O) groups is 2. The number of carboxylic acid groups (broad SMARTS) is 1. The minimum Gasteiger partial charge on any atom is -0.481 e. The van der Waals surface area contributed by atoms with Crippen molar-refractivity contribution in [3.05, 3.63) is 0 Å². The molecular formula is C12H18O4. The van der Waals surface area contributed by atoms with Crippen LogP contribution in [0.1, 0.15) is 38.5 Å². The first-order chi connectivity index (χ1) is 7.57. The van der Waals surface area contributed by atoms with Gasteiger partial charge in [-0.2, -0.15) is 0 Å². The first kappa shape index (κ1) is 11.4. The van der Waals surface area contributed by atoms with Crippen molar-refractivity contribution in [1.82, 2.24) is 0 Å². The van der Waals surface area contributed by atoms with Crippen LogP contribution in [0.25, 0.3) is 0 Å². The summed E-state index contributed by atoms with van der Waals surface area (Å²) in [7, 11) is 1.36. The number of hydrogen-bond acceptors (Lipinski definition) is 3. The van der Waals surface area contributed by atoms with Crippen LogP contribution in [-0.2, 0) is 14.3 Å². The zero-order valence-electron chi connectivity index (χ0n) is 9.57. The van der Waals surface area contributed by atoms with E-state index < -0.39 is 5.97 Å². The van der Waals surface area contributed by atoms with E-state index in [0.29, 0.717) is 11.8 Å². The summed E-state index contributed by atoms with van der Waals surface area (Å²) in [4.78, 5) is 22.3. The molecule has 2 rings (SSSR count). The average Bonchev–Trinajstić information content (AvgIpc) is 2.59. The summed E-state index contributed by atoms with van der Waals surface area (Å²) in [6.45, 7) is 0. The number of carboxylic acids is 1. The van der Waals surface area contributed by atoms with Crippen molar-refractivity contribution in [2.24, 2.45) is 17.3 Å². The second-order valence-electron chi connectivity index (χ2n) is 5.19. The first-order valence-electron chi connectivity index (χ1n) is 5.86. The third-order valence-corrected chi connectivity index (χ3v) is 4.34. The summed E-state index contributed by atoms with van der Waals surface area (Å²) < 4.78 is 4.68. The van der Waals surface area contributed by atoms with E-state index >= 15 is 0 Å². The van der Waals surface area contributed by atoms with Crippen molar-refractivity contribution in [1.29, 1.82) is 0 Å². The molecule has 0 aliphatic heterocycles. The highest BCUT2D eigenvalue weighted by atomic mass is 16.5. The predicted molar refractivity (Wildman–Crippen MR) is 56.8 cm³/mol. The molecule has 2 fully saturated rings. The van der Waals surface area contributed by atoms with Crippen LogP contribution in [0.5, 0.6) is 0 Å². The molecule has 2 saturated carbocycles. The Kier molecular flexibility index (Phi) is 2.91. The van der Waals surface area contributed by atoms with Crippen molar-refractivity contribution in [3.63, 3.8) is 0 Å². The molecule has 0 aromatic carbocycles. The second kappa shape index (κ2) is 4.07. The Morgan fingerprint density at radius 2 is 2.12 bits per heavy atom. The number of esters is 1. The van der Waals surface area contributed by atoms with Gasteiger partial charge in [-0.25, -0.2) is 0 Å². The van der Waals surface area contributed by atoms with Gasteiger partial charge in [0.1, 0.15) is 0 Å². The Balaban J connectivity index is 2.08. The van der Waals surface area contributed by atoms with E-state index in [4.69, 9.17) is 5.11 Å². The zero-order valence-corrected chi connectivity index (χ0v) is 9.57. The number of methoxy groups -OCH3 is 1. The van der Waals surface area contributed by atoms with Gasteiger partial charge in [-0.1, -0.05) is 12.8 Å². The van der Waals surface area contributed by atoms with Crippen molar-refractivity contribution in [3.8, 4) is 0 Å². The molecule has 0 amide bonds. The topological polar surface area (TPSA) is 63.6 Å². The lowest BCUT2D eigenvalue weighted by Crippen LogP contribution is -2.48. The fourth-order valence-electron chi connectivity index (χ4n) is 3.73. The minimum absolute atomic E-state index is 0.114. The van der Waals surface area contributed by atoms with Gasteiger partial charge in [0, 0.05) is 0 Å². The van der Waals surface area contributed by atoms with Gasteiger partial charge in [0.15, 0.2) is 0 Å². The number of hydrogen-bond donors (Lipinski definition) is 1. The number of aliphatic carboxylic acids is 1. The van der Waals surface area contributed by atoms with E-state index in [-0.39, 0.29) is 24.2 Å². The molecule has 3 atom stereocenters. The summed E-state index contributed by atoms with van der Waals surface area (Å²) in [6.07, 6.45) is 4.74. The standard InChI is InChI=1S/C12H18O4/c1-16-11(15)7-12(6-10(13)14)5-8-3-2-4-9(8)12/h8-9H,2-7H2,1H3,(H,13,14). The Labute approximate surface area is 95.0 Å². The summed E-state index contributed by atoms with van der Waals surface area (Å²) in [5.74, 6) is 0.0209. The van der Waals surface area contributed by atoms with Crippen LogP contribution in [0.15, 0.2) is 0 Å². The molecule has 2 aliphatic carbocycles. The van der Waals surface area contributed by atoms with Crippen LogP contribution in [0.4, 0.5) is 0 Å². The van der Waals surface area contributed by atoms with Crippen LogP contribution < -0.4 is 0 Å². The van der Waals surface area contributed by atoms with Crippen LogP contribution >= 0.6 is 0 Å². The van der Waals surface area contributed by atoms with Gasteiger partial charge in [0.05, 0.1) is 20.0 Å². The maximum Gasteiger partial charge on any atom is 0.306 e. The number of rotatable bonds is 4. The number of ether oxygens (including phenoxy) is 1. The Morgan fingerprint density at radius 3 is 2.69 bits per heavy atom. The smallest absolute Gasteiger partial charge is 0.306 e. The van der Waals surface area contributed by atoms with Gasteiger partial charge in [0.25, 0.3) is 0 Å². The lowest BCUT2D eigenvalue weighted by atomic mass is 9.52. The Morgan fingerprint density at radius 1 is 1.38 bits per heavy atom. The lowest BCUT2D eigenvalue weighted by Gasteiger charge is -2.51. The Bertz CT molecular complexity index is 312. The molecule has 0 heterocycles. The van der Waals surface area contributed by atoms with Crippen molar-refractivity contribution < 1.29 is 19.4 Å². The van der Waals surface area contributed by atoms with Crippen LogP contribution in [-0.4, -0.2) is 24.2 Å². The van der Waals surface area contributed by atoms with E-state index in [0.717, 1.165) is 12.8 Å². The third kappa shape index (κ3) is 1.81. The third-order valence-electron chi connectivity index (χ3n) is 4.34. The second-order valence-corrected chi connectivity index (χ2v) is 5.19. The lowest BCUT2D eigenvalue weighted by molar-refractivity contribution is -0.156. The van der Waals surface area contributed by atoms with Crippen LogP contribution in [0.3, 0.4) is 0 Å². The van der Waals surface area contributed by atoms with Gasteiger partial charge in [-0.05, 0) is 30.1 Å². The van der Waals surface area contributed by atoms with Gasteiger partial charge in [0.2, 0.25) is 0 Å². The summed E-state index contributed by atoms with van der Waals surface area (Å²) in [5, 5.41) is 8.97. The molecular weight excluding hydrogens is 208 g/mol. The molecule has 0 bridgehead atoms. The quantitative estimate of drug-likeness (QED) is 0.743. The molecule has 90 valence electrons. The minimum atomic E-state index is -0.797. The molecule has 4 nitrogen and oxygen atoms in total. The fraction of sp³-hybridized carbons (Fsp3) is 0.833. The van der Waals surface area contributed by atoms with E-state index in [1.165, 1.54) is 20.0 Å². The van der Waals surface area contributed by atoms with Gasteiger partial charge < -0.3 is 9.84 Å². The molecule has 3 unspecified atom stereocenters.